The predicted molar refractivity (Wildman–Crippen MR) is 302 cm³/mol. The van der Waals surface area contributed by atoms with Gasteiger partial charge in [0.1, 0.15) is 6.61 Å². The van der Waals surface area contributed by atoms with Crippen LogP contribution in [0.4, 0.5) is 0 Å². The Morgan fingerprint density at radius 2 is 0.732 bits per heavy atom. The lowest BCUT2D eigenvalue weighted by Gasteiger charge is -2.19. The van der Waals surface area contributed by atoms with E-state index in [0.29, 0.717) is 12.8 Å². The maximum absolute atomic E-state index is 12.7. The minimum Gasteiger partial charge on any atom is -0.462 e. The molecular formula is C61H96NO8P. The lowest BCUT2D eigenvalue weighted by molar-refractivity contribution is -0.161. The average Bonchev–Trinajstić information content (AvgIpc) is 3.36. The molecule has 0 aliphatic rings. The fourth-order valence-electron chi connectivity index (χ4n) is 6.50. The summed E-state index contributed by atoms with van der Waals surface area (Å²) >= 11 is 0. The topological polar surface area (TPSA) is 134 Å². The number of rotatable bonds is 48. The van der Waals surface area contributed by atoms with E-state index in [9.17, 15) is 19.0 Å². The van der Waals surface area contributed by atoms with Crippen molar-refractivity contribution in [3.63, 3.8) is 0 Å². The Morgan fingerprint density at radius 1 is 0.423 bits per heavy atom. The molecule has 0 rings (SSSR count). The summed E-state index contributed by atoms with van der Waals surface area (Å²) in [5.41, 5.74) is 5.37. The van der Waals surface area contributed by atoms with Crippen molar-refractivity contribution in [1.29, 1.82) is 0 Å². The number of hydrogen-bond acceptors (Lipinski definition) is 8. The normalized spacial score (nSPS) is 14.4. The highest BCUT2D eigenvalue weighted by atomic mass is 31.2. The molecule has 0 saturated heterocycles. The number of allylic oxidation sites excluding steroid dienone is 26. The van der Waals surface area contributed by atoms with Gasteiger partial charge in [0.05, 0.1) is 13.2 Å². The lowest BCUT2D eigenvalue weighted by Crippen LogP contribution is -2.29. The van der Waals surface area contributed by atoms with Gasteiger partial charge in [0, 0.05) is 19.4 Å². The van der Waals surface area contributed by atoms with Gasteiger partial charge in [-0.1, -0.05) is 204 Å². The number of nitrogens with two attached hydrogens (primary N) is 1. The molecule has 0 aromatic rings. The summed E-state index contributed by atoms with van der Waals surface area (Å²) in [4.78, 5) is 35.1. The quantitative estimate of drug-likeness (QED) is 0.0264. The highest BCUT2D eigenvalue weighted by Gasteiger charge is 2.26. The van der Waals surface area contributed by atoms with Crippen LogP contribution in [0, 0.1) is 0 Å². The van der Waals surface area contributed by atoms with E-state index in [4.69, 9.17) is 24.3 Å². The van der Waals surface area contributed by atoms with E-state index in [-0.39, 0.29) is 32.6 Å². The first-order chi connectivity index (χ1) is 34.8. The van der Waals surface area contributed by atoms with Gasteiger partial charge in [0.15, 0.2) is 6.10 Å². The van der Waals surface area contributed by atoms with Gasteiger partial charge < -0.3 is 20.1 Å². The van der Waals surface area contributed by atoms with E-state index in [0.717, 1.165) is 128 Å². The predicted octanol–water partition coefficient (Wildman–Crippen LogP) is 16.9. The van der Waals surface area contributed by atoms with Crippen molar-refractivity contribution in [3.05, 3.63) is 158 Å². The van der Waals surface area contributed by atoms with Crippen molar-refractivity contribution in [2.45, 2.75) is 187 Å². The maximum atomic E-state index is 12.7. The number of carbonyl (C=O) groups excluding carboxylic acids is 2. The van der Waals surface area contributed by atoms with E-state index >= 15 is 0 Å². The van der Waals surface area contributed by atoms with Crippen molar-refractivity contribution >= 4 is 19.8 Å². The first kappa shape index (κ1) is 66.6. The second-order valence-corrected chi connectivity index (χ2v) is 18.4. The van der Waals surface area contributed by atoms with Gasteiger partial charge in [-0.2, -0.15) is 0 Å². The summed E-state index contributed by atoms with van der Waals surface area (Å²) < 4.78 is 32.9. The Balaban J connectivity index is 4.18. The van der Waals surface area contributed by atoms with E-state index in [2.05, 4.69) is 172 Å². The number of phosphoric ester groups is 1. The summed E-state index contributed by atoms with van der Waals surface area (Å²) in [7, 11) is -4.41. The van der Waals surface area contributed by atoms with Gasteiger partial charge >= 0.3 is 19.8 Å². The fourth-order valence-corrected chi connectivity index (χ4v) is 7.26. The van der Waals surface area contributed by atoms with E-state index in [1.807, 2.05) is 0 Å². The molecular weight excluding hydrogens is 906 g/mol. The maximum Gasteiger partial charge on any atom is 0.472 e. The third-order valence-electron chi connectivity index (χ3n) is 10.4. The van der Waals surface area contributed by atoms with Crippen LogP contribution in [0.25, 0.3) is 0 Å². The Hall–Kier alpha value is -4.37. The fraction of sp³-hybridized carbons (Fsp3) is 0.541. The van der Waals surface area contributed by atoms with Crippen LogP contribution in [-0.2, 0) is 32.7 Å². The molecule has 0 aliphatic heterocycles. The summed E-state index contributed by atoms with van der Waals surface area (Å²) in [6.45, 7) is 3.42. The number of esters is 2. The third kappa shape index (κ3) is 54.8. The zero-order chi connectivity index (χ0) is 51.7. The molecule has 0 amide bonds. The molecule has 0 spiro atoms. The highest BCUT2D eigenvalue weighted by molar-refractivity contribution is 7.47. The number of unbranched alkanes of at least 4 members (excludes halogenated alkanes) is 9. The molecule has 0 bridgehead atoms. The summed E-state index contributed by atoms with van der Waals surface area (Å²) in [6.07, 6.45) is 80.0. The van der Waals surface area contributed by atoms with Gasteiger partial charge in [0.2, 0.25) is 0 Å². The zero-order valence-corrected chi connectivity index (χ0v) is 45.0. The van der Waals surface area contributed by atoms with Crippen molar-refractivity contribution < 1.29 is 37.6 Å². The molecule has 3 N–H and O–H groups in total. The molecule has 0 aromatic carbocycles. The minimum absolute atomic E-state index is 0.0354. The monoisotopic (exact) mass is 1000 g/mol. The standard InChI is InChI=1S/C61H96NO8P/c1-3-5-7-9-11-13-15-17-19-21-23-25-26-27-28-29-30-31-32-34-36-38-40-42-44-46-48-50-52-54-61(64)70-59(58-69-71(65,66)68-56-55-62)57-67-60(63)53-51-49-47-45-43-41-39-37-35-33-24-22-20-18-16-14-12-10-8-6-4-2/h5-8,11-14,17-20,23-25,27-28,30-31,33-34,36-37,39,43,45,59H,3-4,9-10,15-16,21-22,26,29,32,35,38,40-42,44,46-58,62H2,1-2H3,(H,65,66)/b7-5-,8-6-,13-11-,14-12-,19-17-,20-18-,25-23-,28-27-,31-30-,33-24-,36-34-,39-37-,45-43-. The molecule has 10 heteroatoms. The summed E-state index contributed by atoms with van der Waals surface area (Å²) in [5.74, 6) is -0.908. The molecule has 0 saturated carbocycles. The molecule has 0 fully saturated rings. The Morgan fingerprint density at radius 3 is 1.11 bits per heavy atom. The number of hydrogen-bond donors (Lipinski definition) is 2. The molecule has 0 radical (unpaired) electrons. The number of carbonyl (C=O) groups is 2. The van der Waals surface area contributed by atoms with Crippen LogP contribution in [-0.4, -0.2) is 49.3 Å². The van der Waals surface area contributed by atoms with Crippen LogP contribution in [0.5, 0.6) is 0 Å². The zero-order valence-electron chi connectivity index (χ0n) is 44.1. The van der Waals surface area contributed by atoms with E-state index in [1.165, 1.54) is 12.8 Å². The molecule has 398 valence electrons. The van der Waals surface area contributed by atoms with E-state index < -0.39 is 32.5 Å². The van der Waals surface area contributed by atoms with Gasteiger partial charge in [-0.25, -0.2) is 4.57 Å². The van der Waals surface area contributed by atoms with Crippen molar-refractivity contribution in [3.8, 4) is 0 Å². The smallest absolute Gasteiger partial charge is 0.462 e. The van der Waals surface area contributed by atoms with Gasteiger partial charge in [-0.3, -0.25) is 18.6 Å². The second-order valence-electron chi connectivity index (χ2n) is 17.0. The minimum atomic E-state index is -4.41. The summed E-state index contributed by atoms with van der Waals surface area (Å²) in [6, 6.07) is 0. The largest absolute Gasteiger partial charge is 0.472 e. The first-order valence-corrected chi connectivity index (χ1v) is 28.5. The van der Waals surface area contributed by atoms with E-state index in [1.54, 1.807) is 0 Å². The molecule has 2 unspecified atom stereocenters. The molecule has 0 aliphatic carbocycles. The van der Waals surface area contributed by atoms with Gasteiger partial charge in [0.25, 0.3) is 0 Å². The SMILES string of the molecule is CC/C=C\C/C=C\C/C=C\C/C=C\C/C=C\C/C=C\C/C=C\CCCCCCCCCC(=O)OC(COC(=O)CCCC/C=C\C/C=C\C/C=C\C/C=C\C/C=C\C/C=C\CC)COP(=O)(O)OCCN. The first-order valence-electron chi connectivity index (χ1n) is 27.0. The highest BCUT2D eigenvalue weighted by Crippen LogP contribution is 2.43. The van der Waals surface area contributed by atoms with Gasteiger partial charge in [-0.15, -0.1) is 0 Å². The van der Waals surface area contributed by atoms with Crippen LogP contribution >= 0.6 is 7.82 Å². The number of ether oxygens (including phenoxy) is 2. The van der Waals surface area contributed by atoms with Crippen LogP contribution in [0.1, 0.15) is 181 Å². The van der Waals surface area contributed by atoms with Gasteiger partial charge in [-0.05, 0) is 122 Å². The summed E-state index contributed by atoms with van der Waals surface area (Å²) in [5, 5.41) is 0. The third-order valence-corrected chi connectivity index (χ3v) is 11.4. The molecule has 9 nitrogen and oxygen atoms in total. The Kier molecular flexibility index (Phi) is 51.6. The molecule has 0 heterocycles. The van der Waals surface area contributed by atoms with Crippen molar-refractivity contribution in [2.75, 3.05) is 26.4 Å². The van der Waals surface area contributed by atoms with Crippen molar-refractivity contribution in [1.82, 2.24) is 0 Å². The number of phosphoric acid groups is 1. The van der Waals surface area contributed by atoms with Crippen LogP contribution in [0.3, 0.4) is 0 Å². The molecule has 71 heavy (non-hydrogen) atoms. The molecule has 2 atom stereocenters. The van der Waals surface area contributed by atoms with Crippen LogP contribution in [0.15, 0.2) is 158 Å². The Labute approximate surface area is 432 Å². The average molecular weight is 1000 g/mol. The van der Waals surface area contributed by atoms with Crippen LogP contribution < -0.4 is 5.73 Å². The second kappa shape index (κ2) is 55.0. The van der Waals surface area contributed by atoms with Crippen LogP contribution in [0.2, 0.25) is 0 Å². The lowest BCUT2D eigenvalue weighted by atomic mass is 10.1. The molecule has 0 aromatic heterocycles. The van der Waals surface area contributed by atoms with Crippen molar-refractivity contribution in [2.24, 2.45) is 5.73 Å². The Bertz CT molecular complexity index is 1710.